The van der Waals surface area contributed by atoms with Crippen molar-refractivity contribution in [3.8, 4) is 11.5 Å². The molecule has 2 N–H and O–H groups in total. The van der Waals surface area contributed by atoms with Crippen molar-refractivity contribution in [2.45, 2.75) is 18.7 Å². The predicted octanol–water partition coefficient (Wildman–Crippen LogP) is 3.85. The van der Waals surface area contributed by atoms with Crippen LogP contribution < -0.4 is 44.7 Å². The first kappa shape index (κ1) is 30.8. The molecule has 0 bridgehead atoms. The predicted molar refractivity (Wildman–Crippen MR) is 144 cm³/mol. The zero-order chi connectivity index (χ0) is 27.6. The van der Waals surface area contributed by atoms with E-state index in [1.54, 1.807) is 49.4 Å². The molecule has 0 atom stereocenters. The number of fused-ring (bicyclic) bond motifs is 1. The number of aryl methyl sites for hydroxylation is 1. The molecule has 0 aliphatic rings. The van der Waals surface area contributed by atoms with E-state index in [2.05, 4.69) is 15.5 Å². The fourth-order valence-corrected chi connectivity index (χ4v) is 4.98. The zero-order valence-corrected chi connectivity index (χ0v) is 25.4. The third-order valence-electron chi connectivity index (χ3n) is 5.50. The van der Waals surface area contributed by atoms with Crippen LogP contribution in [-0.2, 0) is 10.1 Å². The van der Waals surface area contributed by atoms with Crippen molar-refractivity contribution in [3.05, 3.63) is 81.8 Å². The minimum Gasteiger partial charge on any atom is -0.870 e. The summed E-state index contributed by atoms with van der Waals surface area (Å²) >= 11 is 12.4. The molecule has 4 rings (SSSR count). The van der Waals surface area contributed by atoms with E-state index >= 15 is 0 Å². The Kier molecular flexibility index (Phi) is 10.0. The Hall–Kier alpha value is -2.70. The maximum atomic E-state index is 13.4. The number of anilines is 1. The molecule has 1 amide bonds. The monoisotopic (exact) mass is 595 g/mol. The van der Waals surface area contributed by atoms with Crippen LogP contribution in [0, 0.1) is 6.92 Å². The van der Waals surface area contributed by atoms with E-state index in [1.165, 1.54) is 19.1 Å². The normalized spacial score (nSPS) is 11.4. The average Bonchev–Trinajstić information content (AvgIpc) is 2.85. The maximum absolute atomic E-state index is 13.4. The van der Waals surface area contributed by atoms with Crippen LogP contribution in [0.2, 0.25) is 10.0 Å². The zero-order valence-electron chi connectivity index (χ0n) is 21.0. The molecular weight excluding hydrogens is 576 g/mol. The Bertz CT molecular complexity index is 1710. The topological polar surface area (TPSA) is 140 Å². The van der Waals surface area contributed by atoms with E-state index in [-0.39, 0.29) is 68.5 Å². The summed E-state index contributed by atoms with van der Waals surface area (Å²) in [7, 11) is -4.55. The summed E-state index contributed by atoms with van der Waals surface area (Å²) in [5.74, 6) is -1.17. The second-order valence-electron chi connectivity index (χ2n) is 8.07. The van der Waals surface area contributed by atoms with Crippen molar-refractivity contribution in [3.63, 3.8) is 0 Å². The number of nitrogens with zero attached hydrogens (tertiary/aromatic N) is 2. The van der Waals surface area contributed by atoms with Crippen LogP contribution >= 0.6 is 23.2 Å². The van der Waals surface area contributed by atoms with Crippen LogP contribution in [0.4, 0.5) is 17.1 Å². The van der Waals surface area contributed by atoms with Crippen molar-refractivity contribution >= 4 is 67.1 Å². The van der Waals surface area contributed by atoms with Crippen molar-refractivity contribution < 1.29 is 57.2 Å². The van der Waals surface area contributed by atoms with Gasteiger partial charge in [0.15, 0.2) is 5.75 Å². The number of halogens is 2. The van der Waals surface area contributed by atoms with Gasteiger partial charge in [-0.05, 0) is 55.1 Å². The molecule has 39 heavy (non-hydrogen) atoms. The Morgan fingerprint density at radius 3 is 2.46 bits per heavy atom. The summed E-state index contributed by atoms with van der Waals surface area (Å²) in [6.07, 6.45) is 0. The van der Waals surface area contributed by atoms with Crippen LogP contribution in [-0.4, -0.2) is 25.5 Å². The van der Waals surface area contributed by atoms with E-state index in [1.807, 2.05) is 0 Å². The molecule has 0 fully saturated rings. The number of hydrogen-bond donors (Lipinski definition) is 2. The van der Waals surface area contributed by atoms with Gasteiger partial charge in [0.25, 0.3) is 16.0 Å². The van der Waals surface area contributed by atoms with Crippen LogP contribution in [0.3, 0.4) is 0 Å². The molecule has 4 aromatic carbocycles. The first-order valence-electron chi connectivity index (χ1n) is 11.2. The van der Waals surface area contributed by atoms with Gasteiger partial charge in [-0.15, -0.1) is 5.11 Å². The fraction of sp³-hybridized carbons (Fsp3) is 0.115. The van der Waals surface area contributed by atoms with E-state index in [4.69, 9.17) is 27.9 Å². The third kappa shape index (κ3) is 6.72. The Labute approximate surface area is 256 Å². The summed E-state index contributed by atoms with van der Waals surface area (Å²) in [6.45, 7) is 3.53. The van der Waals surface area contributed by atoms with Crippen molar-refractivity contribution in [2.75, 3.05) is 11.9 Å². The van der Waals surface area contributed by atoms with Gasteiger partial charge in [0, 0.05) is 10.9 Å². The van der Waals surface area contributed by atoms with E-state index in [0.29, 0.717) is 22.4 Å². The molecule has 0 radical (unpaired) electrons. The van der Waals surface area contributed by atoms with Gasteiger partial charge in [-0.2, -0.15) is 13.5 Å². The molecular formula is C26H20Cl2N3NaO6S. The van der Waals surface area contributed by atoms with Crippen LogP contribution in [0.15, 0.2) is 75.8 Å². The van der Waals surface area contributed by atoms with E-state index in [9.17, 15) is 22.9 Å². The van der Waals surface area contributed by atoms with Crippen LogP contribution in [0.1, 0.15) is 22.8 Å². The first-order valence-corrected chi connectivity index (χ1v) is 13.4. The maximum Gasteiger partial charge on any atom is 1.00 e. The Balaban J connectivity index is 0.00000420. The van der Waals surface area contributed by atoms with Gasteiger partial charge in [0.2, 0.25) is 0 Å². The number of azo groups is 1. The molecule has 9 nitrogen and oxygen atoms in total. The number of carbonyl (C=O) groups is 1. The van der Waals surface area contributed by atoms with E-state index < -0.39 is 26.7 Å². The second kappa shape index (κ2) is 12.6. The number of para-hydroxylation sites is 1. The number of nitrogens with one attached hydrogen (secondary N) is 1. The summed E-state index contributed by atoms with van der Waals surface area (Å²) in [4.78, 5) is 12.8. The minimum absolute atomic E-state index is 0. The summed E-state index contributed by atoms with van der Waals surface area (Å²) < 4.78 is 38.4. The van der Waals surface area contributed by atoms with Gasteiger partial charge < -0.3 is 15.2 Å². The molecule has 0 aliphatic carbocycles. The second-order valence-corrected chi connectivity index (χ2v) is 10.3. The van der Waals surface area contributed by atoms with Gasteiger partial charge in [0.1, 0.15) is 5.69 Å². The molecule has 196 valence electrons. The van der Waals surface area contributed by atoms with Crippen molar-refractivity contribution in [1.29, 1.82) is 0 Å². The molecule has 0 spiro atoms. The summed E-state index contributed by atoms with van der Waals surface area (Å²) in [5.41, 5.74) is 0.0217. The largest absolute Gasteiger partial charge is 1.00 e. The number of rotatable bonds is 7. The quantitative estimate of drug-likeness (QED) is 0.189. The molecule has 0 heterocycles. The van der Waals surface area contributed by atoms with Gasteiger partial charge >= 0.3 is 29.6 Å². The smallest absolute Gasteiger partial charge is 0.870 e. The summed E-state index contributed by atoms with van der Waals surface area (Å²) in [6, 6.07) is 15.4. The Morgan fingerprint density at radius 2 is 1.77 bits per heavy atom. The average molecular weight is 596 g/mol. The molecule has 4 aromatic rings. The fourth-order valence-electron chi connectivity index (χ4n) is 3.77. The number of benzene rings is 4. The summed E-state index contributed by atoms with van der Waals surface area (Å²) in [5, 5.41) is 25.4. The van der Waals surface area contributed by atoms with Gasteiger partial charge in [-0.1, -0.05) is 59.3 Å². The van der Waals surface area contributed by atoms with Gasteiger partial charge in [-0.25, -0.2) is 0 Å². The van der Waals surface area contributed by atoms with Gasteiger partial charge in [0.05, 0.1) is 32.9 Å². The first-order chi connectivity index (χ1) is 18.0. The number of carbonyl (C=O) groups excluding carboxylic acids is 1. The van der Waals surface area contributed by atoms with Crippen LogP contribution in [0.5, 0.6) is 11.5 Å². The SMILES string of the molecule is CCOc1c(Cl)cccc1NC(=O)c1cc2ccccc2c(N=Nc2cc(S(=O)(=O)O)c(C)cc2Cl)c1[O-].[Na+]. The van der Waals surface area contributed by atoms with Crippen molar-refractivity contribution in [1.82, 2.24) is 0 Å². The third-order valence-corrected chi connectivity index (χ3v) is 7.10. The molecule has 13 heteroatoms. The number of amides is 1. The molecule has 0 unspecified atom stereocenters. The molecule has 0 aliphatic heterocycles. The Morgan fingerprint density at radius 1 is 1.05 bits per heavy atom. The number of hydrogen-bond acceptors (Lipinski definition) is 7. The molecule has 0 saturated carbocycles. The number of ether oxygens (including phenoxy) is 1. The molecule has 0 aromatic heterocycles. The van der Waals surface area contributed by atoms with Crippen molar-refractivity contribution in [2.24, 2.45) is 10.2 Å². The van der Waals surface area contributed by atoms with Gasteiger partial charge in [-0.3, -0.25) is 9.35 Å². The molecule has 0 saturated heterocycles. The standard InChI is InChI=1S/C26H21Cl2N3O6S.Na/c1-3-37-25-18(27)9-6-10-20(25)29-26(33)17-12-15-7-4-5-8-16(15)23(24(17)32)31-30-21-13-22(38(34,35)36)14(2)11-19(21)28;/h4-13,32H,3H2,1-2H3,(H,29,33)(H,34,35,36);/q;+1/p-1. The van der Waals surface area contributed by atoms with E-state index in [0.717, 1.165) is 6.07 Å². The minimum atomic E-state index is -4.55. The van der Waals surface area contributed by atoms with Crippen LogP contribution in [0.25, 0.3) is 10.8 Å².